The van der Waals surface area contributed by atoms with Crippen LogP contribution in [-0.2, 0) is 0 Å². The number of carbonyl (C=O) groups excluding carboxylic acids is 2. The molecule has 1 saturated heterocycles. The van der Waals surface area contributed by atoms with Gasteiger partial charge in [0.1, 0.15) is 11.5 Å². The first kappa shape index (κ1) is 17.0. The average molecular weight is 338 g/mol. The van der Waals surface area contributed by atoms with Gasteiger partial charge in [0.05, 0.1) is 0 Å². The smallest absolute Gasteiger partial charge is 0.253 e. The summed E-state index contributed by atoms with van der Waals surface area (Å²) in [4.78, 5) is 25.6. The van der Waals surface area contributed by atoms with E-state index in [9.17, 15) is 9.59 Å². The highest BCUT2D eigenvalue weighted by molar-refractivity contribution is 5.94. The Morgan fingerprint density at radius 1 is 0.760 bits per heavy atom. The Hall–Kier alpha value is -2.82. The number of primary amides is 1. The fourth-order valence-electron chi connectivity index (χ4n) is 2.95. The quantitative estimate of drug-likeness (QED) is 0.926. The van der Waals surface area contributed by atoms with E-state index in [1.54, 1.807) is 48.5 Å². The van der Waals surface area contributed by atoms with E-state index in [4.69, 9.17) is 10.5 Å². The summed E-state index contributed by atoms with van der Waals surface area (Å²) in [6.45, 7) is 1.67. The second-order valence-corrected chi connectivity index (χ2v) is 6.22. The lowest BCUT2D eigenvalue weighted by atomic mass is 10.2. The van der Waals surface area contributed by atoms with Crippen molar-refractivity contribution < 1.29 is 14.3 Å². The lowest BCUT2D eigenvalue weighted by Crippen LogP contribution is -2.31. The van der Waals surface area contributed by atoms with Gasteiger partial charge >= 0.3 is 0 Å². The zero-order chi connectivity index (χ0) is 17.6. The number of likely N-dealkylation sites (tertiary alicyclic amines) is 1. The molecule has 3 rings (SSSR count). The summed E-state index contributed by atoms with van der Waals surface area (Å²) in [6, 6.07) is 13.8. The van der Waals surface area contributed by atoms with E-state index in [2.05, 4.69) is 0 Å². The van der Waals surface area contributed by atoms with Gasteiger partial charge in [0, 0.05) is 24.2 Å². The lowest BCUT2D eigenvalue weighted by Gasteiger charge is -2.20. The Morgan fingerprint density at radius 2 is 1.24 bits per heavy atom. The molecule has 0 spiro atoms. The Labute approximate surface area is 147 Å². The number of amides is 2. The summed E-state index contributed by atoms with van der Waals surface area (Å²) < 4.78 is 5.74. The predicted molar refractivity (Wildman–Crippen MR) is 95.8 cm³/mol. The summed E-state index contributed by atoms with van der Waals surface area (Å²) >= 11 is 0. The average Bonchev–Trinajstić information content (AvgIpc) is 2.92. The van der Waals surface area contributed by atoms with Crippen LogP contribution in [0.2, 0.25) is 0 Å². The van der Waals surface area contributed by atoms with E-state index in [1.165, 1.54) is 12.8 Å². The number of nitrogens with two attached hydrogens (primary N) is 1. The molecule has 0 bridgehead atoms. The van der Waals surface area contributed by atoms with E-state index in [1.807, 2.05) is 4.90 Å². The number of benzene rings is 2. The van der Waals surface area contributed by atoms with Gasteiger partial charge in [-0.25, -0.2) is 0 Å². The Kier molecular flexibility index (Phi) is 5.33. The summed E-state index contributed by atoms with van der Waals surface area (Å²) in [5, 5.41) is 0. The first-order valence-corrected chi connectivity index (χ1v) is 8.60. The van der Waals surface area contributed by atoms with Crippen LogP contribution in [0, 0.1) is 0 Å². The molecule has 2 aromatic carbocycles. The third-order valence-electron chi connectivity index (χ3n) is 4.37. The molecule has 1 heterocycles. The van der Waals surface area contributed by atoms with Crippen molar-refractivity contribution in [1.29, 1.82) is 0 Å². The number of hydrogen-bond donors (Lipinski definition) is 1. The van der Waals surface area contributed by atoms with Crippen LogP contribution >= 0.6 is 0 Å². The van der Waals surface area contributed by atoms with Crippen LogP contribution in [0.25, 0.3) is 0 Å². The van der Waals surface area contributed by atoms with E-state index in [0.717, 1.165) is 25.9 Å². The third-order valence-corrected chi connectivity index (χ3v) is 4.37. The lowest BCUT2D eigenvalue weighted by molar-refractivity contribution is 0.0761. The normalized spacial score (nSPS) is 14.6. The van der Waals surface area contributed by atoms with Crippen molar-refractivity contribution in [3.63, 3.8) is 0 Å². The van der Waals surface area contributed by atoms with Crippen LogP contribution in [0.15, 0.2) is 48.5 Å². The number of carbonyl (C=O) groups is 2. The SMILES string of the molecule is NC(=O)c1ccc(Oc2ccc(C(=O)N3CCCCCC3)cc2)cc1. The van der Waals surface area contributed by atoms with Crippen molar-refractivity contribution in [2.24, 2.45) is 5.73 Å². The van der Waals surface area contributed by atoms with Crippen molar-refractivity contribution in [2.45, 2.75) is 25.7 Å². The van der Waals surface area contributed by atoms with Gasteiger partial charge in [-0.05, 0) is 61.4 Å². The molecule has 1 aliphatic rings. The molecule has 5 nitrogen and oxygen atoms in total. The summed E-state index contributed by atoms with van der Waals surface area (Å²) in [5.41, 5.74) is 6.33. The topological polar surface area (TPSA) is 72.6 Å². The van der Waals surface area contributed by atoms with Crippen molar-refractivity contribution in [3.05, 3.63) is 59.7 Å². The third kappa shape index (κ3) is 4.38. The molecule has 0 aromatic heterocycles. The number of hydrogen-bond acceptors (Lipinski definition) is 3. The minimum Gasteiger partial charge on any atom is -0.457 e. The minimum absolute atomic E-state index is 0.0826. The molecule has 2 N–H and O–H groups in total. The van der Waals surface area contributed by atoms with Crippen molar-refractivity contribution in [2.75, 3.05) is 13.1 Å². The molecule has 1 aliphatic heterocycles. The zero-order valence-electron chi connectivity index (χ0n) is 14.1. The van der Waals surface area contributed by atoms with Gasteiger partial charge in [0.25, 0.3) is 5.91 Å². The van der Waals surface area contributed by atoms with Crippen LogP contribution in [0.1, 0.15) is 46.4 Å². The maximum atomic E-state index is 12.6. The predicted octanol–water partition coefficient (Wildman–Crippen LogP) is 3.59. The van der Waals surface area contributed by atoms with Crippen molar-refractivity contribution >= 4 is 11.8 Å². The molecule has 1 fully saturated rings. The van der Waals surface area contributed by atoms with E-state index < -0.39 is 5.91 Å². The summed E-state index contributed by atoms with van der Waals surface area (Å²) in [7, 11) is 0. The van der Waals surface area contributed by atoms with Gasteiger partial charge in [-0.2, -0.15) is 0 Å². The van der Waals surface area contributed by atoms with E-state index in [0.29, 0.717) is 22.6 Å². The van der Waals surface area contributed by atoms with Crippen molar-refractivity contribution in [1.82, 2.24) is 4.90 Å². The number of nitrogens with zero attached hydrogens (tertiary/aromatic N) is 1. The fourth-order valence-corrected chi connectivity index (χ4v) is 2.95. The first-order valence-electron chi connectivity index (χ1n) is 8.60. The number of rotatable bonds is 4. The molecular weight excluding hydrogens is 316 g/mol. The largest absolute Gasteiger partial charge is 0.457 e. The van der Waals surface area contributed by atoms with Crippen LogP contribution in [0.3, 0.4) is 0 Å². The highest BCUT2D eigenvalue weighted by Gasteiger charge is 2.17. The Morgan fingerprint density at radius 3 is 1.72 bits per heavy atom. The monoisotopic (exact) mass is 338 g/mol. The molecule has 0 atom stereocenters. The molecule has 25 heavy (non-hydrogen) atoms. The molecular formula is C20H22N2O3. The molecule has 2 amide bonds. The second kappa shape index (κ2) is 7.83. The van der Waals surface area contributed by atoms with Crippen LogP contribution in [0.5, 0.6) is 11.5 Å². The highest BCUT2D eigenvalue weighted by atomic mass is 16.5. The highest BCUT2D eigenvalue weighted by Crippen LogP contribution is 2.23. The summed E-state index contributed by atoms with van der Waals surface area (Å²) in [5.74, 6) is 0.859. The molecule has 5 heteroatoms. The van der Waals surface area contributed by atoms with Crippen LogP contribution in [0.4, 0.5) is 0 Å². The van der Waals surface area contributed by atoms with Gasteiger partial charge in [0.2, 0.25) is 5.91 Å². The Bertz CT molecular complexity index is 731. The molecule has 0 unspecified atom stereocenters. The van der Waals surface area contributed by atoms with Crippen LogP contribution in [-0.4, -0.2) is 29.8 Å². The summed E-state index contributed by atoms with van der Waals surface area (Å²) in [6.07, 6.45) is 4.55. The fraction of sp³-hybridized carbons (Fsp3) is 0.300. The molecule has 0 radical (unpaired) electrons. The van der Waals surface area contributed by atoms with Crippen LogP contribution < -0.4 is 10.5 Å². The molecule has 130 valence electrons. The van der Waals surface area contributed by atoms with Gasteiger partial charge in [-0.3, -0.25) is 9.59 Å². The first-order chi connectivity index (χ1) is 12.1. The molecule has 0 saturated carbocycles. The van der Waals surface area contributed by atoms with Crippen molar-refractivity contribution in [3.8, 4) is 11.5 Å². The number of ether oxygens (including phenoxy) is 1. The van der Waals surface area contributed by atoms with Gasteiger partial charge in [0.15, 0.2) is 0 Å². The standard InChI is InChI=1S/C20H22N2O3/c21-19(23)15-5-9-17(10-6-15)25-18-11-7-16(8-12-18)20(24)22-13-3-1-2-4-14-22/h5-12H,1-4,13-14H2,(H2,21,23). The van der Waals surface area contributed by atoms with Gasteiger partial charge in [-0.1, -0.05) is 12.8 Å². The molecule has 2 aromatic rings. The molecule has 0 aliphatic carbocycles. The van der Waals surface area contributed by atoms with E-state index in [-0.39, 0.29) is 5.91 Å². The Balaban J connectivity index is 1.65. The van der Waals surface area contributed by atoms with E-state index >= 15 is 0 Å². The maximum Gasteiger partial charge on any atom is 0.253 e. The van der Waals surface area contributed by atoms with Gasteiger partial charge in [-0.15, -0.1) is 0 Å². The minimum atomic E-state index is -0.470. The maximum absolute atomic E-state index is 12.6. The zero-order valence-corrected chi connectivity index (χ0v) is 14.1. The van der Waals surface area contributed by atoms with Gasteiger partial charge < -0.3 is 15.4 Å². The second-order valence-electron chi connectivity index (χ2n) is 6.22.